The lowest BCUT2D eigenvalue weighted by atomic mass is 10.2. The van der Waals surface area contributed by atoms with Crippen molar-refractivity contribution in [1.82, 2.24) is 9.55 Å². The van der Waals surface area contributed by atoms with Crippen molar-refractivity contribution in [1.29, 1.82) is 0 Å². The standard InChI is InChI=1S/C10H7F3N2O3/c11-10(12,13)5-2-1-3-6-8(5)14-9(18)15(6)4-7(16)17/h1-3H,4H2,(H,14,18)(H,16,17). The molecule has 8 heteroatoms. The zero-order valence-corrected chi connectivity index (χ0v) is 8.78. The summed E-state index contributed by atoms with van der Waals surface area (Å²) >= 11 is 0. The summed E-state index contributed by atoms with van der Waals surface area (Å²) in [5.41, 5.74) is -2.38. The molecule has 0 atom stereocenters. The fourth-order valence-corrected chi connectivity index (χ4v) is 1.71. The monoisotopic (exact) mass is 260 g/mol. The van der Waals surface area contributed by atoms with Crippen LogP contribution in [0.4, 0.5) is 13.2 Å². The van der Waals surface area contributed by atoms with Crippen molar-refractivity contribution in [2.45, 2.75) is 12.7 Å². The van der Waals surface area contributed by atoms with Crippen LogP contribution in [0, 0.1) is 0 Å². The van der Waals surface area contributed by atoms with Gasteiger partial charge in [-0.05, 0) is 12.1 Å². The van der Waals surface area contributed by atoms with Crippen LogP contribution in [0.25, 0.3) is 11.0 Å². The van der Waals surface area contributed by atoms with E-state index in [1.807, 2.05) is 4.98 Å². The summed E-state index contributed by atoms with van der Waals surface area (Å²) in [6, 6.07) is 3.20. The Hall–Kier alpha value is -2.25. The van der Waals surface area contributed by atoms with E-state index in [9.17, 15) is 22.8 Å². The molecule has 5 nitrogen and oxygen atoms in total. The number of hydrogen-bond acceptors (Lipinski definition) is 2. The van der Waals surface area contributed by atoms with Gasteiger partial charge in [0.15, 0.2) is 0 Å². The first-order valence-corrected chi connectivity index (χ1v) is 4.81. The minimum atomic E-state index is -4.61. The number of nitrogens with one attached hydrogen (secondary N) is 1. The number of fused-ring (bicyclic) bond motifs is 1. The summed E-state index contributed by atoms with van der Waals surface area (Å²) in [6.07, 6.45) is -4.61. The van der Waals surface area contributed by atoms with Gasteiger partial charge in [-0.2, -0.15) is 13.2 Å². The Morgan fingerprint density at radius 1 is 1.39 bits per heavy atom. The third kappa shape index (κ3) is 1.96. The minimum Gasteiger partial charge on any atom is -0.480 e. The molecule has 2 aromatic rings. The summed E-state index contributed by atoms with van der Waals surface area (Å²) in [4.78, 5) is 24.0. The molecule has 0 fully saturated rings. The lowest BCUT2D eigenvalue weighted by Gasteiger charge is -2.07. The number of aliphatic carboxylic acids is 1. The molecule has 18 heavy (non-hydrogen) atoms. The molecule has 0 amide bonds. The number of rotatable bonds is 2. The zero-order chi connectivity index (χ0) is 13.5. The van der Waals surface area contributed by atoms with Gasteiger partial charge in [0.2, 0.25) is 0 Å². The van der Waals surface area contributed by atoms with Gasteiger partial charge < -0.3 is 10.1 Å². The Bertz CT molecular complexity index is 669. The fourth-order valence-electron chi connectivity index (χ4n) is 1.71. The number of hydrogen-bond donors (Lipinski definition) is 2. The number of H-pyrrole nitrogens is 1. The van der Waals surface area contributed by atoms with Gasteiger partial charge >= 0.3 is 17.8 Å². The highest BCUT2D eigenvalue weighted by molar-refractivity contribution is 5.81. The topological polar surface area (TPSA) is 75.1 Å². The van der Waals surface area contributed by atoms with Crippen molar-refractivity contribution < 1.29 is 23.1 Å². The summed E-state index contributed by atoms with van der Waals surface area (Å²) in [7, 11) is 0. The second kappa shape index (κ2) is 3.90. The fraction of sp³-hybridized carbons (Fsp3) is 0.200. The molecule has 0 bridgehead atoms. The van der Waals surface area contributed by atoms with Crippen LogP contribution < -0.4 is 5.69 Å². The third-order valence-corrected chi connectivity index (χ3v) is 2.41. The van der Waals surface area contributed by atoms with Crippen LogP contribution >= 0.6 is 0 Å². The molecule has 0 spiro atoms. The number of alkyl halides is 3. The number of imidazole rings is 1. The van der Waals surface area contributed by atoms with Crippen molar-refractivity contribution >= 4 is 17.0 Å². The van der Waals surface area contributed by atoms with Gasteiger partial charge in [0.1, 0.15) is 6.54 Å². The molecule has 0 unspecified atom stereocenters. The van der Waals surface area contributed by atoms with Crippen molar-refractivity contribution in [3.05, 3.63) is 34.2 Å². The number of benzene rings is 1. The third-order valence-electron chi connectivity index (χ3n) is 2.41. The highest BCUT2D eigenvalue weighted by Crippen LogP contribution is 2.33. The van der Waals surface area contributed by atoms with Gasteiger partial charge in [-0.3, -0.25) is 9.36 Å². The molecule has 0 saturated carbocycles. The van der Waals surface area contributed by atoms with Crippen molar-refractivity contribution in [2.75, 3.05) is 0 Å². The van der Waals surface area contributed by atoms with Gasteiger partial charge in [-0.1, -0.05) is 6.07 Å². The number of aromatic amines is 1. The lowest BCUT2D eigenvalue weighted by molar-refractivity contribution is -0.138. The van der Waals surface area contributed by atoms with Crippen molar-refractivity contribution in [2.24, 2.45) is 0 Å². The summed E-state index contributed by atoms with van der Waals surface area (Å²) in [6.45, 7) is -0.694. The van der Waals surface area contributed by atoms with E-state index in [1.54, 1.807) is 0 Å². The number of para-hydroxylation sites is 1. The molecule has 1 aromatic heterocycles. The molecule has 2 N–H and O–H groups in total. The molecule has 0 saturated heterocycles. The summed E-state index contributed by atoms with van der Waals surface area (Å²) < 4.78 is 38.8. The second-order valence-corrected chi connectivity index (χ2v) is 3.61. The smallest absolute Gasteiger partial charge is 0.418 e. The lowest BCUT2D eigenvalue weighted by Crippen LogP contribution is -2.21. The Balaban J connectivity index is 2.75. The maximum atomic E-state index is 12.7. The predicted octanol–water partition coefficient (Wildman–Crippen LogP) is 1.43. The van der Waals surface area contributed by atoms with Crippen LogP contribution in [0.15, 0.2) is 23.0 Å². The number of aromatic nitrogens is 2. The first-order chi connectivity index (χ1) is 8.30. The molecule has 0 aliphatic rings. The molecular weight excluding hydrogens is 253 g/mol. The number of carbonyl (C=O) groups is 1. The molecule has 0 aliphatic heterocycles. The molecule has 96 valence electrons. The van der Waals surface area contributed by atoms with E-state index >= 15 is 0 Å². The minimum absolute atomic E-state index is 0.0859. The van der Waals surface area contributed by atoms with Crippen LogP contribution in [0.3, 0.4) is 0 Å². The van der Waals surface area contributed by atoms with E-state index in [2.05, 4.69) is 0 Å². The van der Waals surface area contributed by atoms with Gasteiger partial charge in [0.05, 0.1) is 16.6 Å². The highest BCUT2D eigenvalue weighted by atomic mass is 19.4. The Kier molecular flexibility index (Phi) is 2.64. The predicted molar refractivity (Wildman–Crippen MR) is 55.2 cm³/mol. The van der Waals surface area contributed by atoms with Crippen LogP contribution in [0.1, 0.15) is 5.56 Å². The molecule has 0 aliphatic carbocycles. The van der Waals surface area contributed by atoms with Crippen molar-refractivity contribution in [3.8, 4) is 0 Å². The summed E-state index contributed by atoms with van der Waals surface area (Å²) in [5, 5.41) is 8.60. The maximum Gasteiger partial charge on any atom is 0.418 e. The van der Waals surface area contributed by atoms with E-state index < -0.39 is 35.5 Å². The Labute approximate surface area is 97.5 Å². The zero-order valence-electron chi connectivity index (χ0n) is 8.78. The number of carboxylic acid groups (broad SMARTS) is 1. The molecular formula is C10H7F3N2O3. The Morgan fingerprint density at radius 2 is 2.06 bits per heavy atom. The van der Waals surface area contributed by atoms with Gasteiger partial charge in [-0.25, -0.2) is 4.79 Å². The van der Waals surface area contributed by atoms with Crippen molar-refractivity contribution in [3.63, 3.8) is 0 Å². The molecule has 1 heterocycles. The molecule has 2 rings (SSSR count). The molecule has 1 aromatic carbocycles. The van der Waals surface area contributed by atoms with Gasteiger partial charge in [0, 0.05) is 0 Å². The first kappa shape index (κ1) is 12.2. The van der Waals surface area contributed by atoms with Gasteiger partial charge in [-0.15, -0.1) is 0 Å². The van der Waals surface area contributed by atoms with E-state index in [4.69, 9.17) is 5.11 Å². The average Bonchev–Trinajstić information content (AvgIpc) is 2.53. The maximum absolute atomic E-state index is 12.7. The number of halogens is 3. The number of carboxylic acids is 1. The van der Waals surface area contributed by atoms with Crippen LogP contribution in [-0.2, 0) is 17.5 Å². The number of nitrogens with zero attached hydrogens (tertiary/aromatic N) is 1. The first-order valence-electron chi connectivity index (χ1n) is 4.81. The quantitative estimate of drug-likeness (QED) is 0.857. The van der Waals surface area contributed by atoms with Gasteiger partial charge in [0.25, 0.3) is 0 Å². The van der Waals surface area contributed by atoms with E-state index in [1.165, 1.54) is 6.07 Å². The SMILES string of the molecule is O=C(O)Cn1c(=O)[nH]c2c(C(F)(F)F)cccc21. The van der Waals surface area contributed by atoms with E-state index in [0.29, 0.717) is 0 Å². The average molecular weight is 260 g/mol. The molecule has 0 radical (unpaired) electrons. The Morgan fingerprint density at radius 3 is 2.61 bits per heavy atom. The largest absolute Gasteiger partial charge is 0.480 e. The summed E-state index contributed by atoms with van der Waals surface area (Å²) in [5.74, 6) is -1.31. The highest BCUT2D eigenvalue weighted by Gasteiger charge is 2.33. The van der Waals surface area contributed by atoms with Crippen LogP contribution in [-0.4, -0.2) is 20.6 Å². The normalized spacial score (nSPS) is 11.9. The van der Waals surface area contributed by atoms with E-state index in [-0.39, 0.29) is 5.52 Å². The van der Waals surface area contributed by atoms with Crippen LogP contribution in [0.2, 0.25) is 0 Å². The second-order valence-electron chi connectivity index (χ2n) is 3.61. The van der Waals surface area contributed by atoms with Crippen LogP contribution in [0.5, 0.6) is 0 Å². The van der Waals surface area contributed by atoms with E-state index in [0.717, 1.165) is 16.7 Å².